The van der Waals surface area contributed by atoms with E-state index in [1.54, 1.807) is 0 Å². The Labute approximate surface area is 65.2 Å². The second kappa shape index (κ2) is 3.85. The first-order valence-corrected chi connectivity index (χ1v) is 4.45. The summed E-state index contributed by atoms with van der Waals surface area (Å²) < 4.78 is 0. The average Bonchev–Trinajstić information content (AvgIpc) is 1.94. The maximum absolute atomic E-state index is 9.33. The second-order valence-electron chi connectivity index (χ2n) is 2.60. The highest BCUT2D eigenvalue weighted by molar-refractivity contribution is 8.04. The molecule has 0 amide bonds. The number of hydrogen-bond donors (Lipinski definition) is 1. The Balaban J connectivity index is 2.34. The van der Waals surface area contributed by atoms with Crippen molar-refractivity contribution >= 4 is 11.8 Å². The van der Waals surface area contributed by atoms with Gasteiger partial charge in [-0.05, 0) is 24.6 Å². The average molecular weight is 157 g/mol. The van der Waals surface area contributed by atoms with Crippen molar-refractivity contribution in [1.82, 2.24) is 0 Å². The number of nitriles is 1. The summed E-state index contributed by atoms with van der Waals surface area (Å²) in [5.41, 5.74) is 0. The molecule has 0 bridgehead atoms. The van der Waals surface area contributed by atoms with Gasteiger partial charge in [-0.25, -0.2) is 0 Å². The van der Waals surface area contributed by atoms with Gasteiger partial charge in [-0.2, -0.15) is 5.26 Å². The highest BCUT2D eigenvalue weighted by Crippen LogP contribution is 2.27. The van der Waals surface area contributed by atoms with Crippen LogP contribution in [0.1, 0.15) is 25.7 Å². The Morgan fingerprint density at radius 2 is 2.10 bits per heavy atom. The summed E-state index contributed by atoms with van der Waals surface area (Å²) in [6, 6.07) is 0. The molecule has 3 heteroatoms. The molecular formula is C7H11NOS. The van der Waals surface area contributed by atoms with E-state index in [0.717, 1.165) is 25.7 Å². The predicted molar refractivity (Wildman–Crippen MR) is 41.5 cm³/mol. The summed E-state index contributed by atoms with van der Waals surface area (Å²) in [4.78, 5) is 0. The van der Waals surface area contributed by atoms with Gasteiger partial charge in [0.25, 0.3) is 0 Å². The first kappa shape index (κ1) is 7.90. The van der Waals surface area contributed by atoms with Crippen LogP contribution in [-0.2, 0) is 0 Å². The van der Waals surface area contributed by atoms with Gasteiger partial charge in [-0.15, -0.1) is 0 Å². The Morgan fingerprint density at radius 3 is 2.70 bits per heavy atom. The molecule has 0 aliphatic heterocycles. The van der Waals surface area contributed by atoms with Gasteiger partial charge >= 0.3 is 0 Å². The van der Waals surface area contributed by atoms with Crippen LogP contribution in [0.25, 0.3) is 0 Å². The zero-order valence-corrected chi connectivity index (χ0v) is 6.60. The number of thiocyanates is 1. The van der Waals surface area contributed by atoms with Crippen molar-refractivity contribution in [1.29, 1.82) is 5.26 Å². The van der Waals surface area contributed by atoms with Gasteiger partial charge in [0.05, 0.1) is 6.10 Å². The molecule has 1 N–H and O–H groups in total. The van der Waals surface area contributed by atoms with Gasteiger partial charge in [0, 0.05) is 5.25 Å². The topological polar surface area (TPSA) is 44.0 Å². The SMILES string of the molecule is N#CS[C@H]1CCCC[C@@H]1O. The molecule has 0 aromatic carbocycles. The molecule has 1 aliphatic rings. The fraction of sp³-hybridized carbons (Fsp3) is 0.857. The van der Waals surface area contributed by atoms with E-state index >= 15 is 0 Å². The van der Waals surface area contributed by atoms with Crippen molar-refractivity contribution in [3.05, 3.63) is 0 Å². The van der Waals surface area contributed by atoms with Gasteiger partial charge in [-0.1, -0.05) is 12.8 Å². The molecule has 10 heavy (non-hydrogen) atoms. The smallest absolute Gasteiger partial charge is 0.133 e. The lowest BCUT2D eigenvalue weighted by atomic mass is 9.97. The van der Waals surface area contributed by atoms with Crippen LogP contribution in [0.2, 0.25) is 0 Å². The molecule has 0 spiro atoms. The maximum Gasteiger partial charge on any atom is 0.133 e. The molecule has 56 valence electrons. The lowest BCUT2D eigenvalue weighted by molar-refractivity contribution is 0.137. The van der Waals surface area contributed by atoms with Crippen LogP contribution in [0.15, 0.2) is 0 Å². The molecule has 0 radical (unpaired) electrons. The summed E-state index contributed by atoms with van der Waals surface area (Å²) in [7, 11) is 0. The lowest BCUT2D eigenvalue weighted by Crippen LogP contribution is -2.26. The van der Waals surface area contributed by atoms with Crippen LogP contribution in [0.4, 0.5) is 0 Å². The number of aliphatic hydroxyl groups is 1. The molecule has 2 nitrogen and oxygen atoms in total. The summed E-state index contributed by atoms with van der Waals surface area (Å²) in [5, 5.41) is 19.9. The van der Waals surface area contributed by atoms with E-state index < -0.39 is 0 Å². The zero-order valence-electron chi connectivity index (χ0n) is 5.79. The molecule has 0 saturated heterocycles. The lowest BCUT2D eigenvalue weighted by Gasteiger charge is -2.24. The van der Waals surface area contributed by atoms with Crippen molar-refractivity contribution in [2.45, 2.75) is 37.0 Å². The van der Waals surface area contributed by atoms with Crippen molar-refractivity contribution in [2.75, 3.05) is 0 Å². The molecule has 1 rings (SSSR count). The minimum atomic E-state index is -0.238. The molecule has 0 aromatic rings. The highest BCUT2D eigenvalue weighted by atomic mass is 32.2. The minimum Gasteiger partial charge on any atom is -0.392 e. The molecule has 1 fully saturated rings. The Bertz CT molecular complexity index is 143. The molecule has 0 heterocycles. The number of thioether (sulfide) groups is 1. The van der Waals surface area contributed by atoms with Gasteiger partial charge < -0.3 is 5.11 Å². The first-order chi connectivity index (χ1) is 4.84. The monoisotopic (exact) mass is 157 g/mol. The summed E-state index contributed by atoms with van der Waals surface area (Å²) in [6.45, 7) is 0. The van der Waals surface area contributed by atoms with Crippen LogP contribution in [0.3, 0.4) is 0 Å². The van der Waals surface area contributed by atoms with Gasteiger partial charge in [0.15, 0.2) is 0 Å². The highest BCUT2D eigenvalue weighted by Gasteiger charge is 2.22. The molecule has 0 unspecified atom stereocenters. The zero-order chi connectivity index (χ0) is 7.40. The quantitative estimate of drug-likeness (QED) is 0.587. The van der Waals surface area contributed by atoms with E-state index in [-0.39, 0.29) is 11.4 Å². The Hall–Kier alpha value is -0.200. The fourth-order valence-corrected chi connectivity index (χ4v) is 2.00. The number of aliphatic hydroxyl groups excluding tert-OH is 1. The van der Waals surface area contributed by atoms with E-state index in [0.29, 0.717) is 0 Å². The third-order valence-corrected chi connectivity index (χ3v) is 2.83. The summed E-state index contributed by atoms with van der Waals surface area (Å²) >= 11 is 1.22. The second-order valence-corrected chi connectivity index (χ2v) is 3.62. The van der Waals surface area contributed by atoms with E-state index in [4.69, 9.17) is 5.26 Å². The summed E-state index contributed by atoms with van der Waals surface area (Å²) in [6.07, 6.45) is 3.91. The molecule has 1 saturated carbocycles. The molecule has 0 aromatic heterocycles. The number of nitrogens with zero attached hydrogens (tertiary/aromatic N) is 1. The van der Waals surface area contributed by atoms with Crippen LogP contribution in [0, 0.1) is 10.7 Å². The van der Waals surface area contributed by atoms with Crippen LogP contribution in [0.5, 0.6) is 0 Å². The third kappa shape index (κ3) is 1.89. The normalized spacial score (nSPS) is 33.2. The van der Waals surface area contributed by atoms with Crippen LogP contribution >= 0.6 is 11.8 Å². The molecular weight excluding hydrogens is 146 g/mol. The number of hydrogen-bond acceptors (Lipinski definition) is 3. The van der Waals surface area contributed by atoms with Gasteiger partial charge in [0.2, 0.25) is 0 Å². The van der Waals surface area contributed by atoms with Gasteiger partial charge in [0.1, 0.15) is 5.40 Å². The van der Waals surface area contributed by atoms with E-state index in [1.165, 1.54) is 11.8 Å². The minimum absolute atomic E-state index is 0.179. The first-order valence-electron chi connectivity index (χ1n) is 3.57. The Morgan fingerprint density at radius 1 is 1.40 bits per heavy atom. The standard InChI is InChI=1S/C7H11NOS/c8-5-10-7-4-2-1-3-6(7)9/h6-7,9H,1-4H2/t6-,7-/m0/s1. The predicted octanol–water partition coefficient (Wildman–Crippen LogP) is 1.50. The van der Waals surface area contributed by atoms with Crippen molar-refractivity contribution in [3.8, 4) is 5.40 Å². The van der Waals surface area contributed by atoms with Crippen LogP contribution in [-0.4, -0.2) is 16.5 Å². The molecule has 2 atom stereocenters. The van der Waals surface area contributed by atoms with Crippen molar-refractivity contribution < 1.29 is 5.11 Å². The largest absolute Gasteiger partial charge is 0.392 e. The third-order valence-electron chi connectivity index (χ3n) is 1.87. The summed E-state index contributed by atoms with van der Waals surface area (Å²) in [5.74, 6) is 0. The van der Waals surface area contributed by atoms with Crippen molar-refractivity contribution in [2.24, 2.45) is 0 Å². The fourth-order valence-electron chi connectivity index (χ4n) is 1.28. The maximum atomic E-state index is 9.33. The van der Waals surface area contributed by atoms with Crippen molar-refractivity contribution in [3.63, 3.8) is 0 Å². The molecule has 1 aliphatic carbocycles. The van der Waals surface area contributed by atoms with E-state index in [1.807, 2.05) is 5.40 Å². The van der Waals surface area contributed by atoms with Gasteiger partial charge in [-0.3, -0.25) is 0 Å². The van der Waals surface area contributed by atoms with E-state index in [2.05, 4.69) is 0 Å². The van der Waals surface area contributed by atoms with Crippen LogP contribution < -0.4 is 0 Å². The van der Waals surface area contributed by atoms with E-state index in [9.17, 15) is 5.11 Å². The Kier molecular flexibility index (Phi) is 3.04. The number of rotatable bonds is 1.